The van der Waals surface area contributed by atoms with Crippen molar-refractivity contribution < 1.29 is 10.2 Å². The van der Waals surface area contributed by atoms with Crippen LogP contribution < -0.4 is 10.6 Å². The molecule has 0 bridgehead atoms. The van der Waals surface area contributed by atoms with Crippen molar-refractivity contribution in [3.8, 4) is 11.5 Å². The van der Waals surface area contributed by atoms with Crippen LogP contribution >= 0.6 is 0 Å². The van der Waals surface area contributed by atoms with Crippen molar-refractivity contribution in [2.75, 3.05) is 18.0 Å². The van der Waals surface area contributed by atoms with Gasteiger partial charge in [0, 0.05) is 30.4 Å². The molecule has 2 aromatic rings. The number of nitrogens with two attached hydrogens (primary N) is 1. The van der Waals surface area contributed by atoms with Crippen LogP contribution in [-0.2, 0) is 6.42 Å². The maximum atomic E-state index is 10.1. The van der Waals surface area contributed by atoms with Gasteiger partial charge in [0.1, 0.15) is 11.5 Å². The Morgan fingerprint density at radius 1 is 1.15 bits per heavy atom. The topological polar surface area (TPSA) is 69.7 Å². The molecule has 2 aromatic carbocycles. The van der Waals surface area contributed by atoms with Crippen molar-refractivity contribution in [2.24, 2.45) is 5.73 Å². The van der Waals surface area contributed by atoms with Crippen LogP contribution in [-0.4, -0.2) is 23.3 Å². The molecule has 4 nitrogen and oxygen atoms in total. The molecule has 0 amide bonds. The van der Waals surface area contributed by atoms with Crippen LogP contribution in [0.4, 0.5) is 5.69 Å². The van der Waals surface area contributed by atoms with E-state index in [1.807, 2.05) is 12.1 Å². The first kappa shape index (κ1) is 12.8. The highest BCUT2D eigenvalue weighted by atomic mass is 16.3. The van der Waals surface area contributed by atoms with Crippen molar-refractivity contribution in [1.29, 1.82) is 0 Å². The van der Waals surface area contributed by atoms with Gasteiger partial charge >= 0.3 is 0 Å². The Kier molecular flexibility index (Phi) is 3.24. The summed E-state index contributed by atoms with van der Waals surface area (Å²) in [6.45, 7) is 1.30. The predicted octanol–water partition coefficient (Wildman–Crippen LogP) is 2.16. The van der Waals surface area contributed by atoms with Crippen LogP contribution in [0.2, 0.25) is 0 Å². The van der Waals surface area contributed by atoms with Crippen molar-refractivity contribution in [2.45, 2.75) is 12.5 Å². The lowest BCUT2D eigenvalue weighted by molar-refractivity contribution is 0.440. The Labute approximate surface area is 118 Å². The first-order chi connectivity index (χ1) is 9.70. The molecule has 4 heteroatoms. The number of fused-ring (bicyclic) bond motifs is 1. The van der Waals surface area contributed by atoms with Crippen LogP contribution in [0.3, 0.4) is 0 Å². The molecule has 1 atom stereocenters. The lowest BCUT2D eigenvalue weighted by Gasteiger charge is -2.30. The van der Waals surface area contributed by atoms with Gasteiger partial charge in [0.05, 0.1) is 6.04 Å². The maximum Gasteiger partial charge on any atom is 0.124 e. The molecule has 0 radical (unpaired) electrons. The van der Waals surface area contributed by atoms with E-state index in [1.165, 1.54) is 17.3 Å². The highest BCUT2D eigenvalue weighted by Gasteiger charge is 2.27. The molecule has 0 aliphatic carbocycles. The van der Waals surface area contributed by atoms with Crippen LogP contribution in [0.25, 0.3) is 0 Å². The number of hydrogen-bond acceptors (Lipinski definition) is 4. The number of aromatic hydroxyl groups is 2. The highest BCUT2D eigenvalue weighted by molar-refractivity contribution is 5.60. The molecular weight excluding hydrogens is 252 g/mol. The molecule has 0 fully saturated rings. The van der Waals surface area contributed by atoms with Gasteiger partial charge in [0.2, 0.25) is 0 Å². The fourth-order valence-corrected chi connectivity index (χ4v) is 2.92. The van der Waals surface area contributed by atoms with E-state index in [2.05, 4.69) is 17.0 Å². The summed E-state index contributed by atoms with van der Waals surface area (Å²) in [6, 6.07) is 12.9. The number of benzene rings is 2. The zero-order valence-electron chi connectivity index (χ0n) is 11.2. The summed E-state index contributed by atoms with van der Waals surface area (Å²) >= 11 is 0. The van der Waals surface area contributed by atoms with Gasteiger partial charge < -0.3 is 20.8 Å². The molecule has 3 rings (SSSR count). The Morgan fingerprint density at radius 3 is 2.70 bits per heavy atom. The van der Waals surface area contributed by atoms with E-state index in [1.54, 1.807) is 12.1 Å². The van der Waals surface area contributed by atoms with Crippen molar-refractivity contribution in [3.63, 3.8) is 0 Å². The van der Waals surface area contributed by atoms with Crippen molar-refractivity contribution in [3.05, 3.63) is 53.6 Å². The summed E-state index contributed by atoms with van der Waals surface area (Å²) in [6.07, 6.45) is 0.992. The number of para-hydroxylation sites is 1. The second-order valence-corrected chi connectivity index (χ2v) is 5.07. The third-order valence-electron chi connectivity index (χ3n) is 3.90. The van der Waals surface area contributed by atoms with Crippen LogP contribution in [0.1, 0.15) is 17.2 Å². The van der Waals surface area contributed by atoms with E-state index in [0.29, 0.717) is 6.54 Å². The fourth-order valence-electron chi connectivity index (χ4n) is 2.92. The molecule has 1 heterocycles. The van der Waals surface area contributed by atoms with E-state index >= 15 is 0 Å². The Bertz CT molecular complexity index is 628. The van der Waals surface area contributed by atoms with Gasteiger partial charge in [0.15, 0.2) is 0 Å². The molecule has 104 valence electrons. The zero-order chi connectivity index (χ0) is 14.1. The lowest BCUT2D eigenvalue weighted by Crippen LogP contribution is -2.32. The Hall–Kier alpha value is -2.20. The van der Waals surface area contributed by atoms with Gasteiger partial charge in [-0.25, -0.2) is 0 Å². The van der Waals surface area contributed by atoms with Gasteiger partial charge in [-0.3, -0.25) is 0 Å². The average molecular weight is 270 g/mol. The zero-order valence-corrected chi connectivity index (χ0v) is 11.2. The Balaban J connectivity index is 1.99. The quantitative estimate of drug-likeness (QED) is 0.799. The average Bonchev–Trinajstić information content (AvgIpc) is 2.86. The first-order valence-electron chi connectivity index (χ1n) is 6.77. The third-order valence-corrected chi connectivity index (χ3v) is 3.90. The van der Waals surface area contributed by atoms with Gasteiger partial charge in [-0.1, -0.05) is 18.2 Å². The molecule has 20 heavy (non-hydrogen) atoms. The second-order valence-electron chi connectivity index (χ2n) is 5.07. The minimum Gasteiger partial charge on any atom is -0.508 e. The number of phenols is 2. The monoisotopic (exact) mass is 270 g/mol. The summed E-state index contributed by atoms with van der Waals surface area (Å²) in [7, 11) is 0. The van der Waals surface area contributed by atoms with Gasteiger partial charge in [0.25, 0.3) is 0 Å². The maximum absolute atomic E-state index is 10.1. The normalized spacial score (nSPS) is 15.2. The minimum atomic E-state index is -0.0840. The largest absolute Gasteiger partial charge is 0.508 e. The minimum absolute atomic E-state index is 0.0591. The van der Waals surface area contributed by atoms with Crippen LogP contribution in [0, 0.1) is 0 Å². The molecular formula is C16H18N2O2. The smallest absolute Gasteiger partial charge is 0.124 e. The molecule has 0 saturated carbocycles. The number of nitrogens with zero attached hydrogens (tertiary/aromatic N) is 1. The summed E-state index contributed by atoms with van der Waals surface area (Å²) < 4.78 is 0. The van der Waals surface area contributed by atoms with Crippen LogP contribution in [0.15, 0.2) is 42.5 Å². The summed E-state index contributed by atoms with van der Waals surface area (Å²) in [5, 5.41) is 19.5. The summed E-state index contributed by atoms with van der Waals surface area (Å²) in [5.74, 6) is 0.147. The second kappa shape index (κ2) is 5.06. The molecule has 0 saturated heterocycles. The standard InChI is InChI=1S/C16H18N2O2/c17-10-15(13-6-5-12(19)9-16(13)20)18-8-7-11-3-1-2-4-14(11)18/h1-6,9,15,19-20H,7-8,10,17H2. The number of hydrogen-bond donors (Lipinski definition) is 3. The van der Waals surface area contributed by atoms with Gasteiger partial charge in [-0.15, -0.1) is 0 Å². The molecule has 1 aliphatic rings. The highest BCUT2D eigenvalue weighted by Crippen LogP contribution is 2.38. The lowest BCUT2D eigenvalue weighted by atomic mass is 10.0. The molecule has 4 N–H and O–H groups in total. The molecule has 0 aromatic heterocycles. The third kappa shape index (κ3) is 2.08. The van der Waals surface area contributed by atoms with Gasteiger partial charge in [-0.2, -0.15) is 0 Å². The van der Waals surface area contributed by atoms with E-state index in [-0.39, 0.29) is 17.5 Å². The number of rotatable bonds is 3. The fraction of sp³-hybridized carbons (Fsp3) is 0.250. The summed E-state index contributed by atoms with van der Waals surface area (Å²) in [5.41, 5.74) is 9.17. The van der Waals surface area contributed by atoms with E-state index in [9.17, 15) is 10.2 Å². The van der Waals surface area contributed by atoms with Crippen molar-refractivity contribution in [1.82, 2.24) is 0 Å². The van der Waals surface area contributed by atoms with E-state index < -0.39 is 0 Å². The SMILES string of the molecule is NCC(c1ccc(O)cc1O)N1CCc2ccccc21. The number of anilines is 1. The Morgan fingerprint density at radius 2 is 1.95 bits per heavy atom. The van der Waals surface area contributed by atoms with Gasteiger partial charge in [-0.05, 0) is 30.2 Å². The summed E-state index contributed by atoms with van der Waals surface area (Å²) in [4.78, 5) is 2.22. The molecule has 1 unspecified atom stereocenters. The predicted molar refractivity (Wildman–Crippen MR) is 79.1 cm³/mol. The first-order valence-corrected chi connectivity index (χ1v) is 6.77. The van der Waals surface area contributed by atoms with Crippen LogP contribution in [0.5, 0.6) is 11.5 Å². The van der Waals surface area contributed by atoms with E-state index in [4.69, 9.17) is 5.73 Å². The van der Waals surface area contributed by atoms with Crippen molar-refractivity contribution >= 4 is 5.69 Å². The number of phenolic OH excluding ortho intramolecular Hbond substituents is 2. The molecule has 1 aliphatic heterocycles. The van der Waals surface area contributed by atoms with E-state index in [0.717, 1.165) is 18.5 Å². The molecule has 0 spiro atoms.